The molecule has 2 aliphatic rings. The monoisotopic (exact) mass is 933 g/mol. The highest BCUT2D eigenvalue weighted by Crippen LogP contribution is 2.50. The van der Waals surface area contributed by atoms with Gasteiger partial charge < -0.3 is 4.90 Å². The van der Waals surface area contributed by atoms with Crippen LogP contribution in [0.5, 0.6) is 0 Å². The van der Waals surface area contributed by atoms with Crippen LogP contribution < -0.4 is 4.90 Å². The number of benzene rings is 9. The van der Waals surface area contributed by atoms with Gasteiger partial charge >= 0.3 is 0 Å². The van der Waals surface area contributed by atoms with Gasteiger partial charge in [0.1, 0.15) is 0 Å². The molecule has 0 aromatic heterocycles. The molecule has 0 heterocycles. The van der Waals surface area contributed by atoms with Crippen LogP contribution in [0, 0.1) is 6.92 Å². The lowest BCUT2D eigenvalue weighted by Gasteiger charge is -2.30. The zero-order chi connectivity index (χ0) is 48.9. The molecule has 0 atom stereocenters. The minimum Gasteiger partial charge on any atom is -0.310 e. The van der Waals surface area contributed by atoms with E-state index in [2.05, 4.69) is 275 Å². The second-order valence-corrected chi connectivity index (χ2v) is 19.5. The normalized spacial score (nSPS) is 15.9. The standard InChI is InChI=1S/C56H43N.C13H16S/c1-38-14-7-10-19-48(38)55-49(45-25-24-40-17-8-9-18-43(40)36-45)21-13-23-54(55)57(46-31-26-41(27-32-46)39-15-5-4-6-16-39)47-33-28-42(29-34-47)44-30-35-51-50-20-11-12-22-52(50)56(2,3)53(51)37-44;1-3-6-12-9-10-13(14)8-5-7-11(12)4-2/h4-37H,1-3H3;3-4,6-9,14H,2,5,10H2,1H3/b;6-3-,11-7-,12-9-,13-8+. The summed E-state index contributed by atoms with van der Waals surface area (Å²) in [5.41, 5.74) is 22.1. The van der Waals surface area contributed by atoms with Crippen LogP contribution in [0.3, 0.4) is 0 Å². The molecule has 346 valence electrons. The zero-order valence-electron chi connectivity index (χ0n) is 41.1. The number of anilines is 3. The van der Waals surface area contributed by atoms with Crippen molar-refractivity contribution in [2.24, 2.45) is 0 Å². The van der Waals surface area contributed by atoms with Crippen LogP contribution in [-0.2, 0) is 5.41 Å². The van der Waals surface area contributed by atoms with Gasteiger partial charge in [0.2, 0.25) is 0 Å². The van der Waals surface area contributed by atoms with Gasteiger partial charge in [-0.15, -0.1) is 12.6 Å². The Bertz CT molecular complexity index is 3530. The van der Waals surface area contributed by atoms with Gasteiger partial charge in [0.05, 0.1) is 5.69 Å². The molecule has 0 N–H and O–H groups in total. The van der Waals surface area contributed by atoms with Crippen molar-refractivity contribution in [2.75, 3.05) is 4.90 Å². The van der Waals surface area contributed by atoms with Gasteiger partial charge in [-0.3, -0.25) is 0 Å². The summed E-state index contributed by atoms with van der Waals surface area (Å²) in [7, 11) is 0. The van der Waals surface area contributed by atoms with Crippen LogP contribution in [0.25, 0.3) is 66.4 Å². The van der Waals surface area contributed by atoms with Gasteiger partial charge in [-0.05, 0) is 163 Å². The van der Waals surface area contributed by atoms with Gasteiger partial charge in [0.15, 0.2) is 0 Å². The maximum absolute atomic E-state index is 4.38. The van der Waals surface area contributed by atoms with E-state index in [1.54, 1.807) is 0 Å². The summed E-state index contributed by atoms with van der Waals surface area (Å²) in [6.07, 6.45) is 14.4. The molecule has 9 aromatic rings. The third-order valence-corrected chi connectivity index (χ3v) is 14.5. The van der Waals surface area contributed by atoms with E-state index in [4.69, 9.17) is 0 Å². The second kappa shape index (κ2) is 20.6. The van der Waals surface area contributed by atoms with E-state index in [9.17, 15) is 0 Å². The molecule has 9 aromatic carbocycles. The van der Waals surface area contributed by atoms with Crippen LogP contribution >= 0.6 is 12.6 Å². The van der Waals surface area contributed by atoms with E-state index in [1.165, 1.54) is 94.2 Å². The predicted molar refractivity (Wildman–Crippen MR) is 310 cm³/mol. The second-order valence-electron chi connectivity index (χ2n) is 19.0. The fourth-order valence-electron chi connectivity index (χ4n) is 10.4. The molecule has 0 saturated heterocycles. The van der Waals surface area contributed by atoms with Crippen LogP contribution in [0.1, 0.15) is 50.3 Å². The topological polar surface area (TPSA) is 3.24 Å². The maximum Gasteiger partial charge on any atom is 0.0546 e. The predicted octanol–water partition coefficient (Wildman–Crippen LogP) is 19.8. The number of hydrogen-bond donors (Lipinski definition) is 1. The van der Waals surface area contributed by atoms with Crippen molar-refractivity contribution < 1.29 is 0 Å². The Morgan fingerprint density at radius 2 is 1.08 bits per heavy atom. The van der Waals surface area contributed by atoms with E-state index >= 15 is 0 Å². The van der Waals surface area contributed by atoms with Crippen molar-refractivity contribution in [3.05, 3.63) is 282 Å². The van der Waals surface area contributed by atoms with E-state index in [-0.39, 0.29) is 5.41 Å². The molecule has 0 unspecified atom stereocenters. The Hall–Kier alpha value is -7.91. The number of hydrogen-bond acceptors (Lipinski definition) is 2. The summed E-state index contributed by atoms with van der Waals surface area (Å²) in [5, 5.41) is 2.48. The van der Waals surface area contributed by atoms with Gasteiger partial charge in [-0.25, -0.2) is 0 Å². The fraction of sp³-hybridized carbons (Fsp3) is 0.101. The maximum atomic E-state index is 4.38. The van der Waals surface area contributed by atoms with Crippen molar-refractivity contribution in [3.63, 3.8) is 0 Å². The molecule has 0 spiro atoms. The molecular formula is C69H59NS. The average Bonchev–Trinajstić information content (AvgIpc) is 3.64. The van der Waals surface area contributed by atoms with E-state index in [1.807, 2.05) is 19.1 Å². The molecule has 0 amide bonds. The number of fused-ring (bicyclic) bond motifs is 4. The molecule has 2 aliphatic carbocycles. The average molecular weight is 934 g/mol. The minimum absolute atomic E-state index is 0.0490. The van der Waals surface area contributed by atoms with Crippen LogP contribution in [-0.4, -0.2) is 0 Å². The zero-order valence-corrected chi connectivity index (χ0v) is 42.0. The Labute approximate surface area is 426 Å². The molecule has 0 radical (unpaired) electrons. The van der Waals surface area contributed by atoms with Crippen molar-refractivity contribution in [1.29, 1.82) is 0 Å². The number of allylic oxidation sites excluding steroid dienone is 9. The number of nitrogens with zero attached hydrogens (tertiary/aromatic N) is 1. The first kappa shape index (κ1) is 46.8. The third kappa shape index (κ3) is 9.57. The number of thiol groups is 1. The summed E-state index contributed by atoms with van der Waals surface area (Å²) in [5.74, 6) is 0. The van der Waals surface area contributed by atoms with Gasteiger partial charge in [-0.1, -0.05) is 221 Å². The van der Waals surface area contributed by atoms with E-state index < -0.39 is 0 Å². The Morgan fingerprint density at radius 3 is 1.80 bits per heavy atom. The van der Waals surface area contributed by atoms with Crippen molar-refractivity contribution in [3.8, 4) is 55.6 Å². The quantitative estimate of drug-likeness (QED) is 0.141. The SMILES string of the molecule is C=C/C1=C/C/C=C(/S)C/C=C1/C=C\C.Cc1ccccc1-c1c(-c2ccc3ccccc3c2)cccc1N(c1ccc(-c2ccccc2)cc1)c1ccc(-c2ccc3c(c2)C(C)(C)c2ccccc2-3)cc1. The minimum atomic E-state index is -0.0490. The molecule has 0 fully saturated rings. The van der Waals surface area contributed by atoms with E-state index in [0.717, 1.165) is 34.8 Å². The Kier molecular flexibility index (Phi) is 13.6. The molecule has 0 bridgehead atoms. The molecule has 11 rings (SSSR count). The number of aryl methyl sites for hydroxylation is 1. The Balaban J connectivity index is 0.000000361. The molecule has 0 aliphatic heterocycles. The number of rotatable bonds is 9. The first-order valence-corrected chi connectivity index (χ1v) is 25.2. The van der Waals surface area contributed by atoms with Crippen molar-refractivity contribution >= 4 is 40.5 Å². The first-order chi connectivity index (χ1) is 34.7. The first-order valence-electron chi connectivity index (χ1n) is 24.7. The molecule has 0 saturated carbocycles. The third-order valence-electron chi connectivity index (χ3n) is 14.2. The Morgan fingerprint density at radius 1 is 0.493 bits per heavy atom. The van der Waals surface area contributed by atoms with Crippen LogP contribution in [0.4, 0.5) is 17.1 Å². The summed E-state index contributed by atoms with van der Waals surface area (Å²) < 4.78 is 0. The largest absolute Gasteiger partial charge is 0.310 e. The van der Waals surface area contributed by atoms with E-state index in [0.29, 0.717) is 0 Å². The van der Waals surface area contributed by atoms with Gasteiger partial charge in [0, 0.05) is 22.4 Å². The highest BCUT2D eigenvalue weighted by Gasteiger charge is 2.35. The summed E-state index contributed by atoms with van der Waals surface area (Å²) in [6, 6.07) is 75.7. The smallest absolute Gasteiger partial charge is 0.0546 e. The fourth-order valence-corrected chi connectivity index (χ4v) is 10.6. The van der Waals surface area contributed by atoms with Crippen LogP contribution in [0.15, 0.2) is 265 Å². The van der Waals surface area contributed by atoms with Gasteiger partial charge in [-0.2, -0.15) is 0 Å². The van der Waals surface area contributed by atoms with Crippen LogP contribution in [0.2, 0.25) is 0 Å². The highest BCUT2D eigenvalue weighted by atomic mass is 32.1. The summed E-state index contributed by atoms with van der Waals surface area (Å²) >= 11 is 4.38. The lowest BCUT2D eigenvalue weighted by atomic mass is 9.81. The summed E-state index contributed by atoms with van der Waals surface area (Å²) in [4.78, 5) is 3.57. The molecule has 1 nitrogen and oxygen atoms in total. The molecule has 2 heteroatoms. The van der Waals surface area contributed by atoms with Crippen molar-refractivity contribution in [2.45, 2.75) is 46.0 Å². The lowest BCUT2D eigenvalue weighted by molar-refractivity contribution is 0.660. The molecule has 71 heavy (non-hydrogen) atoms. The molecular weight excluding hydrogens is 875 g/mol. The lowest BCUT2D eigenvalue weighted by Crippen LogP contribution is -2.14. The highest BCUT2D eigenvalue weighted by molar-refractivity contribution is 7.84. The summed E-state index contributed by atoms with van der Waals surface area (Å²) in [6.45, 7) is 12.8. The van der Waals surface area contributed by atoms with Gasteiger partial charge in [0.25, 0.3) is 0 Å². The van der Waals surface area contributed by atoms with Crippen molar-refractivity contribution in [1.82, 2.24) is 0 Å².